The molecule has 1 fully saturated rings. The van der Waals surface area contributed by atoms with Crippen molar-refractivity contribution in [1.29, 1.82) is 0 Å². The van der Waals surface area contributed by atoms with Crippen molar-refractivity contribution in [3.8, 4) is 0 Å². The van der Waals surface area contributed by atoms with E-state index in [1.54, 1.807) is 0 Å². The predicted octanol–water partition coefficient (Wildman–Crippen LogP) is 0.0909. The Morgan fingerprint density at radius 1 is 1.29 bits per heavy atom. The number of hydrogen-bond acceptors (Lipinski definition) is 3. The number of unbranched alkanes of at least 4 members (excludes halogenated alkanes) is 1. The zero-order valence-corrected chi connectivity index (χ0v) is 10.0. The maximum Gasteiger partial charge on any atom is 0.224 e. The summed E-state index contributed by atoms with van der Waals surface area (Å²) in [6.45, 7) is 2.68. The summed E-state index contributed by atoms with van der Waals surface area (Å²) in [6, 6.07) is 0. The van der Waals surface area contributed by atoms with E-state index in [1.165, 1.54) is 0 Å². The summed E-state index contributed by atoms with van der Waals surface area (Å²) >= 11 is 0. The molecule has 1 N–H and O–H groups in total. The average Bonchev–Trinajstić information content (AvgIpc) is 2.88. The molecule has 2 bridgehead atoms. The third-order valence-electron chi connectivity index (χ3n) is 3.86. The highest BCUT2D eigenvalue weighted by atomic mass is 16.4. The normalized spacial score (nSPS) is 33.9. The summed E-state index contributed by atoms with van der Waals surface area (Å²) in [5.41, 5.74) is 0. The molecule has 4 atom stereocenters. The second-order valence-corrected chi connectivity index (χ2v) is 4.96. The SMILES string of the molecule is CCCCNC(=O)[C@@H]1[C@@H](C(=O)[O-])[C@@H]2C=C[C@H]1C2. The third-order valence-corrected chi connectivity index (χ3v) is 3.86. The lowest BCUT2D eigenvalue weighted by atomic mass is 9.82. The number of rotatable bonds is 5. The van der Waals surface area contributed by atoms with Gasteiger partial charge in [-0.2, -0.15) is 0 Å². The number of carbonyl (C=O) groups is 2. The fourth-order valence-electron chi connectivity index (χ4n) is 3.01. The van der Waals surface area contributed by atoms with Gasteiger partial charge in [0, 0.05) is 18.4 Å². The van der Waals surface area contributed by atoms with Crippen LogP contribution < -0.4 is 10.4 Å². The Morgan fingerprint density at radius 2 is 1.94 bits per heavy atom. The van der Waals surface area contributed by atoms with Crippen LogP contribution in [-0.2, 0) is 9.59 Å². The summed E-state index contributed by atoms with van der Waals surface area (Å²) in [7, 11) is 0. The van der Waals surface area contributed by atoms with Crippen molar-refractivity contribution in [2.75, 3.05) is 6.54 Å². The van der Waals surface area contributed by atoms with Crippen LogP contribution in [0.2, 0.25) is 0 Å². The maximum atomic E-state index is 12.0. The van der Waals surface area contributed by atoms with Crippen molar-refractivity contribution in [1.82, 2.24) is 5.32 Å². The van der Waals surface area contributed by atoms with E-state index in [0.717, 1.165) is 19.3 Å². The van der Waals surface area contributed by atoms with Gasteiger partial charge in [0.05, 0.1) is 5.92 Å². The van der Waals surface area contributed by atoms with E-state index in [0.29, 0.717) is 6.54 Å². The molecule has 4 nitrogen and oxygen atoms in total. The van der Waals surface area contributed by atoms with E-state index in [2.05, 4.69) is 12.2 Å². The van der Waals surface area contributed by atoms with Gasteiger partial charge < -0.3 is 15.2 Å². The number of carboxylic acids is 1. The van der Waals surface area contributed by atoms with E-state index in [9.17, 15) is 14.7 Å². The number of carbonyl (C=O) groups excluding carboxylic acids is 2. The first-order chi connectivity index (χ1) is 8.15. The zero-order valence-electron chi connectivity index (χ0n) is 10.0. The van der Waals surface area contributed by atoms with Crippen LogP contribution in [-0.4, -0.2) is 18.4 Å². The Hall–Kier alpha value is -1.32. The van der Waals surface area contributed by atoms with Gasteiger partial charge in [-0.1, -0.05) is 25.5 Å². The van der Waals surface area contributed by atoms with Crippen molar-refractivity contribution in [3.05, 3.63) is 12.2 Å². The largest absolute Gasteiger partial charge is 0.550 e. The fourth-order valence-corrected chi connectivity index (χ4v) is 3.01. The van der Waals surface area contributed by atoms with Crippen molar-refractivity contribution in [3.63, 3.8) is 0 Å². The first-order valence-electron chi connectivity index (χ1n) is 6.32. The van der Waals surface area contributed by atoms with Gasteiger partial charge in [0.1, 0.15) is 0 Å². The number of hydrogen-bond donors (Lipinski definition) is 1. The van der Waals surface area contributed by atoms with Crippen LogP contribution in [0.3, 0.4) is 0 Å². The van der Waals surface area contributed by atoms with E-state index in [4.69, 9.17) is 0 Å². The minimum Gasteiger partial charge on any atom is -0.550 e. The summed E-state index contributed by atoms with van der Waals surface area (Å²) < 4.78 is 0. The maximum absolute atomic E-state index is 12.0. The van der Waals surface area contributed by atoms with E-state index < -0.39 is 17.8 Å². The molecule has 0 heterocycles. The Morgan fingerprint density at radius 3 is 2.53 bits per heavy atom. The second kappa shape index (κ2) is 4.90. The molecule has 2 aliphatic carbocycles. The fraction of sp³-hybridized carbons (Fsp3) is 0.692. The minimum atomic E-state index is -1.09. The lowest BCUT2D eigenvalue weighted by Crippen LogP contribution is -2.45. The van der Waals surface area contributed by atoms with Crippen LogP contribution >= 0.6 is 0 Å². The van der Waals surface area contributed by atoms with Crippen LogP contribution in [0, 0.1) is 23.7 Å². The topological polar surface area (TPSA) is 69.2 Å². The number of fused-ring (bicyclic) bond motifs is 2. The van der Waals surface area contributed by atoms with E-state index >= 15 is 0 Å². The number of allylic oxidation sites excluding steroid dienone is 2. The second-order valence-electron chi connectivity index (χ2n) is 4.96. The molecule has 2 aliphatic rings. The Balaban J connectivity index is 2.01. The summed E-state index contributed by atoms with van der Waals surface area (Å²) in [5.74, 6) is -2.18. The number of carboxylic acid groups (broad SMARTS) is 1. The van der Waals surface area contributed by atoms with Crippen molar-refractivity contribution >= 4 is 11.9 Å². The van der Waals surface area contributed by atoms with Crippen molar-refractivity contribution in [2.24, 2.45) is 23.7 Å². The molecule has 94 valence electrons. The molecular weight excluding hydrogens is 218 g/mol. The number of nitrogens with one attached hydrogen (secondary N) is 1. The molecule has 1 amide bonds. The number of amides is 1. The van der Waals surface area contributed by atoms with Gasteiger partial charge in [-0.05, 0) is 24.7 Å². The van der Waals surface area contributed by atoms with Crippen LogP contribution in [0.4, 0.5) is 0 Å². The van der Waals surface area contributed by atoms with Gasteiger partial charge in [0.15, 0.2) is 0 Å². The smallest absolute Gasteiger partial charge is 0.224 e. The highest BCUT2D eigenvalue weighted by Crippen LogP contribution is 2.47. The summed E-state index contributed by atoms with van der Waals surface area (Å²) in [5, 5.41) is 13.9. The molecule has 17 heavy (non-hydrogen) atoms. The van der Waals surface area contributed by atoms with E-state index in [-0.39, 0.29) is 17.7 Å². The molecule has 0 spiro atoms. The lowest BCUT2D eigenvalue weighted by molar-refractivity contribution is -0.313. The van der Waals surface area contributed by atoms with Crippen LogP contribution in [0.25, 0.3) is 0 Å². The van der Waals surface area contributed by atoms with Crippen molar-refractivity contribution in [2.45, 2.75) is 26.2 Å². The summed E-state index contributed by atoms with van der Waals surface area (Å²) in [4.78, 5) is 23.1. The first-order valence-corrected chi connectivity index (χ1v) is 6.32. The predicted molar refractivity (Wildman–Crippen MR) is 60.6 cm³/mol. The Bertz CT molecular complexity index is 351. The summed E-state index contributed by atoms with van der Waals surface area (Å²) in [6.07, 6.45) is 6.62. The minimum absolute atomic E-state index is 0.00748. The Kier molecular flexibility index (Phi) is 3.50. The third kappa shape index (κ3) is 2.21. The quantitative estimate of drug-likeness (QED) is 0.543. The lowest BCUT2D eigenvalue weighted by Gasteiger charge is -2.27. The monoisotopic (exact) mass is 236 g/mol. The zero-order chi connectivity index (χ0) is 12.4. The van der Waals surface area contributed by atoms with Gasteiger partial charge in [-0.15, -0.1) is 0 Å². The van der Waals surface area contributed by atoms with E-state index in [1.807, 2.05) is 12.2 Å². The highest BCUT2D eigenvalue weighted by molar-refractivity contribution is 5.86. The van der Waals surface area contributed by atoms with Crippen LogP contribution in [0.5, 0.6) is 0 Å². The molecule has 4 heteroatoms. The molecule has 2 rings (SSSR count). The molecule has 0 aromatic rings. The first kappa shape index (κ1) is 12.1. The van der Waals surface area contributed by atoms with Gasteiger partial charge in [0.25, 0.3) is 0 Å². The molecule has 0 saturated heterocycles. The highest BCUT2D eigenvalue weighted by Gasteiger charge is 2.48. The van der Waals surface area contributed by atoms with Gasteiger partial charge in [-0.3, -0.25) is 4.79 Å². The molecule has 0 aromatic carbocycles. The average molecular weight is 236 g/mol. The molecule has 0 unspecified atom stereocenters. The number of aliphatic carboxylic acids is 1. The van der Waals surface area contributed by atoms with Gasteiger partial charge in [0.2, 0.25) is 5.91 Å². The van der Waals surface area contributed by atoms with Gasteiger partial charge >= 0.3 is 0 Å². The van der Waals surface area contributed by atoms with Crippen molar-refractivity contribution < 1.29 is 14.7 Å². The molecule has 1 saturated carbocycles. The Labute approximate surface area is 101 Å². The molecule has 0 aliphatic heterocycles. The molecule has 0 radical (unpaired) electrons. The van der Waals surface area contributed by atoms with Gasteiger partial charge in [-0.25, -0.2) is 0 Å². The standard InChI is InChI=1S/C13H19NO3/c1-2-3-6-14-12(15)10-8-4-5-9(7-8)11(10)13(16)17/h4-5,8-11H,2-3,6-7H2,1H3,(H,14,15)(H,16,17)/p-1/t8-,9+,10-,11-/m0/s1. The molecular formula is C13H18NO3-. The van der Waals surface area contributed by atoms with Crippen LogP contribution in [0.1, 0.15) is 26.2 Å². The van der Waals surface area contributed by atoms with Crippen LogP contribution in [0.15, 0.2) is 12.2 Å². The molecule has 0 aromatic heterocycles.